The topological polar surface area (TPSA) is 54.4 Å². The third-order valence-corrected chi connectivity index (χ3v) is 3.27. The largest absolute Gasteiger partial charge is 0.271 e. The zero-order valence-corrected chi connectivity index (χ0v) is 11.8. The number of nitrogens with zero attached hydrogens (tertiary/aromatic N) is 2. The predicted molar refractivity (Wildman–Crippen MR) is 79.8 cm³/mol. The summed E-state index contributed by atoms with van der Waals surface area (Å²) in [5, 5.41) is 4.13. The molecule has 0 spiro atoms. The van der Waals surface area contributed by atoms with Crippen molar-refractivity contribution in [3.8, 4) is 0 Å². The SMILES string of the molecule is CC(=NNC(=O)c1cccc(C)c1C)c1ccncc1. The summed E-state index contributed by atoms with van der Waals surface area (Å²) in [5.41, 5.74) is 6.98. The maximum absolute atomic E-state index is 12.1. The molecule has 0 aliphatic heterocycles. The van der Waals surface area contributed by atoms with E-state index in [4.69, 9.17) is 0 Å². The van der Waals surface area contributed by atoms with E-state index >= 15 is 0 Å². The molecule has 0 aliphatic rings. The molecule has 102 valence electrons. The Hall–Kier alpha value is -2.49. The lowest BCUT2D eigenvalue weighted by molar-refractivity contribution is 0.0954. The minimum Gasteiger partial charge on any atom is -0.267 e. The van der Waals surface area contributed by atoms with E-state index in [0.717, 1.165) is 22.4 Å². The van der Waals surface area contributed by atoms with Crippen molar-refractivity contribution in [2.24, 2.45) is 5.10 Å². The van der Waals surface area contributed by atoms with Gasteiger partial charge in [0.2, 0.25) is 0 Å². The fourth-order valence-corrected chi connectivity index (χ4v) is 1.85. The number of hydrogen-bond donors (Lipinski definition) is 1. The second-order valence-electron chi connectivity index (χ2n) is 4.62. The minimum atomic E-state index is -0.195. The van der Waals surface area contributed by atoms with Gasteiger partial charge in [0.25, 0.3) is 5.91 Å². The number of pyridine rings is 1. The maximum Gasteiger partial charge on any atom is 0.271 e. The summed E-state index contributed by atoms with van der Waals surface area (Å²) < 4.78 is 0. The summed E-state index contributed by atoms with van der Waals surface area (Å²) in [6.07, 6.45) is 3.39. The molecule has 4 nitrogen and oxygen atoms in total. The molecule has 20 heavy (non-hydrogen) atoms. The quantitative estimate of drug-likeness (QED) is 0.686. The van der Waals surface area contributed by atoms with Crippen LogP contribution >= 0.6 is 0 Å². The Morgan fingerprint density at radius 2 is 1.85 bits per heavy atom. The Balaban J connectivity index is 2.15. The van der Waals surface area contributed by atoms with Crippen molar-refractivity contribution in [2.45, 2.75) is 20.8 Å². The van der Waals surface area contributed by atoms with E-state index in [1.165, 1.54) is 0 Å². The zero-order valence-electron chi connectivity index (χ0n) is 11.8. The third kappa shape index (κ3) is 3.09. The number of benzene rings is 1. The van der Waals surface area contributed by atoms with Gasteiger partial charge in [0.05, 0.1) is 5.71 Å². The smallest absolute Gasteiger partial charge is 0.267 e. The van der Waals surface area contributed by atoms with E-state index in [9.17, 15) is 4.79 Å². The number of hydrazone groups is 1. The first-order valence-corrected chi connectivity index (χ1v) is 6.41. The van der Waals surface area contributed by atoms with E-state index in [1.807, 2.05) is 45.0 Å². The van der Waals surface area contributed by atoms with Crippen LogP contribution in [0.5, 0.6) is 0 Å². The molecule has 0 saturated carbocycles. The van der Waals surface area contributed by atoms with Crippen molar-refractivity contribution in [3.63, 3.8) is 0 Å². The maximum atomic E-state index is 12.1. The Morgan fingerprint density at radius 1 is 1.15 bits per heavy atom. The molecule has 1 aromatic heterocycles. The molecule has 4 heteroatoms. The summed E-state index contributed by atoms with van der Waals surface area (Å²) in [4.78, 5) is 16.1. The Bertz CT molecular complexity index is 648. The van der Waals surface area contributed by atoms with Gasteiger partial charge < -0.3 is 0 Å². The van der Waals surface area contributed by atoms with Crippen LogP contribution in [-0.4, -0.2) is 16.6 Å². The molecular formula is C16H17N3O. The van der Waals surface area contributed by atoms with Crippen LogP contribution in [0.4, 0.5) is 0 Å². The van der Waals surface area contributed by atoms with Crippen molar-refractivity contribution in [1.29, 1.82) is 0 Å². The van der Waals surface area contributed by atoms with E-state index in [-0.39, 0.29) is 5.91 Å². The van der Waals surface area contributed by atoms with Crippen molar-refractivity contribution in [1.82, 2.24) is 10.4 Å². The number of carbonyl (C=O) groups excluding carboxylic acids is 1. The third-order valence-electron chi connectivity index (χ3n) is 3.27. The number of amides is 1. The molecule has 2 rings (SSSR count). The first-order chi connectivity index (χ1) is 9.59. The lowest BCUT2D eigenvalue weighted by atomic mass is 10.0. The lowest BCUT2D eigenvalue weighted by Crippen LogP contribution is -2.20. The van der Waals surface area contributed by atoms with Crippen LogP contribution in [0.3, 0.4) is 0 Å². The highest BCUT2D eigenvalue weighted by Crippen LogP contribution is 2.12. The Labute approximate surface area is 118 Å². The number of rotatable bonds is 3. The highest BCUT2D eigenvalue weighted by molar-refractivity contribution is 6.01. The van der Waals surface area contributed by atoms with Gasteiger partial charge in [-0.2, -0.15) is 5.10 Å². The van der Waals surface area contributed by atoms with E-state index < -0.39 is 0 Å². The van der Waals surface area contributed by atoms with Gasteiger partial charge in [0, 0.05) is 23.5 Å². The Morgan fingerprint density at radius 3 is 2.55 bits per heavy atom. The average molecular weight is 267 g/mol. The summed E-state index contributed by atoms with van der Waals surface area (Å²) >= 11 is 0. The van der Waals surface area contributed by atoms with Gasteiger partial charge in [0.1, 0.15) is 0 Å². The molecule has 0 bridgehead atoms. The van der Waals surface area contributed by atoms with Crippen molar-refractivity contribution < 1.29 is 4.79 Å². The predicted octanol–water partition coefficient (Wildman–Crippen LogP) is 2.85. The van der Waals surface area contributed by atoms with Gasteiger partial charge in [-0.05, 0) is 50.1 Å². The first-order valence-electron chi connectivity index (χ1n) is 6.41. The summed E-state index contributed by atoms with van der Waals surface area (Å²) in [7, 11) is 0. The highest BCUT2D eigenvalue weighted by atomic mass is 16.2. The van der Waals surface area contributed by atoms with Crippen LogP contribution in [0.2, 0.25) is 0 Å². The fourth-order valence-electron chi connectivity index (χ4n) is 1.85. The van der Waals surface area contributed by atoms with Crippen LogP contribution in [0.1, 0.15) is 34.0 Å². The molecular weight excluding hydrogens is 250 g/mol. The Kier molecular flexibility index (Phi) is 4.25. The van der Waals surface area contributed by atoms with Gasteiger partial charge in [0.15, 0.2) is 0 Å². The van der Waals surface area contributed by atoms with E-state index in [1.54, 1.807) is 18.5 Å². The summed E-state index contributed by atoms with van der Waals surface area (Å²) in [6, 6.07) is 9.36. The standard InChI is InChI=1S/C16H17N3O/c1-11-5-4-6-15(12(11)2)16(20)19-18-13(3)14-7-9-17-10-8-14/h4-10H,1-3H3,(H,19,20). The second kappa shape index (κ2) is 6.10. The molecule has 1 amide bonds. The summed E-state index contributed by atoms with van der Waals surface area (Å²) in [6.45, 7) is 5.76. The minimum absolute atomic E-state index is 0.195. The molecule has 1 aromatic carbocycles. The van der Waals surface area contributed by atoms with Gasteiger partial charge in [-0.1, -0.05) is 12.1 Å². The summed E-state index contributed by atoms with van der Waals surface area (Å²) in [5.74, 6) is -0.195. The molecule has 0 aliphatic carbocycles. The number of aryl methyl sites for hydroxylation is 1. The van der Waals surface area contributed by atoms with Crippen molar-refractivity contribution in [2.75, 3.05) is 0 Å². The van der Waals surface area contributed by atoms with Crippen molar-refractivity contribution >= 4 is 11.6 Å². The molecule has 0 unspecified atom stereocenters. The first kappa shape index (κ1) is 13.9. The van der Waals surface area contributed by atoms with Crippen LogP contribution in [0.15, 0.2) is 47.8 Å². The molecule has 2 aromatic rings. The van der Waals surface area contributed by atoms with Gasteiger partial charge in [-0.25, -0.2) is 5.43 Å². The van der Waals surface area contributed by atoms with Crippen LogP contribution in [-0.2, 0) is 0 Å². The van der Waals surface area contributed by atoms with E-state index in [0.29, 0.717) is 5.56 Å². The monoisotopic (exact) mass is 267 g/mol. The van der Waals surface area contributed by atoms with Gasteiger partial charge in [-0.15, -0.1) is 0 Å². The number of aromatic nitrogens is 1. The average Bonchev–Trinajstić information content (AvgIpc) is 2.48. The zero-order chi connectivity index (χ0) is 14.5. The van der Waals surface area contributed by atoms with Crippen molar-refractivity contribution in [3.05, 3.63) is 65.0 Å². The molecule has 1 heterocycles. The number of carbonyl (C=O) groups is 1. The molecule has 0 radical (unpaired) electrons. The second-order valence-corrected chi connectivity index (χ2v) is 4.62. The lowest BCUT2D eigenvalue weighted by Gasteiger charge is -2.07. The normalized spacial score (nSPS) is 11.2. The highest BCUT2D eigenvalue weighted by Gasteiger charge is 2.09. The molecule has 0 fully saturated rings. The van der Waals surface area contributed by atoms with E-state index in [2.05, 4.69) is 15.5 Å². The molecule has 0 atom stereocenters. The van der Waals surface area contributed by atoms with Crippen LogP contribution < -0.4 is 5.43 Å². The van der Waals surface area contributed by atoms with Gasteiger partial charge >= 0.3 is 0 Å². The number of hydrogen-bond acceptors (Lipinski definition) is 3. The fraction of sp³-hybridized carbons (Fsp3) is 0.188. The van der Waals surface area contributed by atoms with Crippen LogP contribution in [0.25, 0.3) is 0 Å². The molecule has 0 saturated heterocycles. The molecule has 1 N–H and O–H groups in total. The number of nitrogens with one attached hydrogen (secondary N) is 1. The van der Waals surface area contributed by atoms with Gasteiger partial charge in [-0.3, -0.25) is 9.78 Å². The van der Waals surface area contributed by atoms with Crippen LogP contribution in [0, 0.1) is 13.8 Å².